The highest BCUT2D eigenvalue weighted by Crippen LogP contribution is 2.46. The molecule has 4 nitrogen and oxygen atoms in total. The molecule has 0 N–H and O–H groups in total. The molecule has 0 saturated heterocycles. The number of benzene rings is 7. The van der Waals surface area contributed by atoms with Crippen LogP contribution >= 0.6 is 22.7 Å². The van der Waals surface area contributed by atoms with Crippen molar-refractivity contribution in [2.24, 2.45) is 0 Å². The van der Waals surface area contributed by atoms with E-state index in [1.807, 2.05) is 24.3 Å². The van der Waals surface area contributed by atoms with E-state index in [4.69, 9.17) is 19.9 Å². The molecule has 3 aromatic heterocycles. The van der Waals surface area contributed by atoms with Crippen LogP contribution < -0.4 is 0 Å². The van der Waals surface area contributed by atoms with Crippen LogP contribution in [0.25, 0.3) is 96.7 Å². The summed E-state index contributed by atoms with van der Waals surface area (Å²) in [4.78, 5) is 20.8. The molecule has 0 fully saturated rings. The Balaban J connectivity index is 1.29. The van der Waals surface area contributed by atoms with E-state index in [0.717, 1.165) is 42.9 Å². The molecule has 0 unspecified atom stereocenters. The van der Waals surface area contributed by atoms with Crippen LogP contribution in [0.2, 0.25) is 0 Å². The number of thiazole rings is 1. The van der Waals surface area contributed by atoms with E-state index < -0.39 is 0 Å². The summed E-state index contributed by atoms with van der Waals surface area (Å²) < 4.78 is 3.48. The zero-order valence-electron chi connectivity index (χ0n) is 25.5. The van der Waals surface area contributed by atoms with Gasteiger partial charge in [0, 0.05) is 42.4 Å². The van der Waals surface area contributed by atoms with Crippen LogP contribution in [0.4, 0.5) is 0 Å². The average molecular weight is 649 g/mol. The van der Waals surface area contributed by atoms with Gasteiger partial charge in [-0.05, 0) is 39.7 Å². The molecule has 7 aromatic carbocycles. The van der Waals surface area contributed by atoms with E-state index in [9.17, 15) is 0 Å². The van der Waals surface area contributed by atoms with Crippen LogP contribution in [0.3, 0.4) is 0 Å². The van der Waals surface area contributed by atoms with E-state index in [1.165, 1.54) is 36.3 Å². The minimum absolute atomic E-state index is 0.645. The normalized spacial score (nSPS) is 11.8. The lowest BCUT2D eigenvalue weighted by atomic mass is 9.99. The van der Waals surface area contributed by atoms with Gasteiger partial charge in [-0.2, -0.15) is 0 Å². The van der Waals surface area contributed by atoms with E-state index in [0.29, 0.717) is 17.5 Å². The van der Waals surface area contributed by atoms with Gasteiger partial charge in [-0.15, -0.1) is 22.7 Å². The van der Waals surface area contributed by atoms with E-state index in [-0.39, 0.29) is 0 Å². The van der Waals surface area contributed by atoms with Crippen molar-refractivity contribution in [1.82, 2.24) is 19.9 Å². The maximum atomic E-state index is 5.32. The fourth-order valence-electron chi connectivity index (χ4n) is 6.66. The minimum atomic E-state index is 0.645. The van der Waals surface area contributed by atoms with Gasteiger partial charge in [-0.3, -0.25) is 0 Å². The average Bonchev–Trinajstić information content (AvgIpc) is 3.75. The maximum absolute atomic E-state index is 5.32. The van der Waals surface area contributed by atoms with Crippen LogP contribution in [0.5, 0.6) is 0 Å². The summed E-state index contributed by atoms with van der Waals surface area (Å²) >= 11 is 3.49. The number of nitrogens with zero attached hydrogens (tertiary/aromatic N) is 4. The molecular formula is C42H24N4S2. The topological polar surface area (TPSA) is 51.6 Å². The molecule has 0 bridgehead atoms. The zero-order chi connectivity index (χ0) is 31.6. The first-order valence-electron chi connectivity index (χ1n) is 15.8. The summed E-state index contributed by atoms with van der Waals surface area (Å²) in [6.07, 6.45) is 0. The molecule has 0 aliphatic heterocycles. The van der Waals surface area contributed by atoms with Crippen molar-refractivity contribution in [3.8, 4) is 44.7 Å². The smallest absolute Gasteiger partial charge is 0.166 e. The van der Waals surface area contributed by atoms with Crippen molar-refractivity contribution >= 4 is 74.6 Å². The van der Waals surface area contributed by atoms with Crippen molar-refractivity contribution < 1.29 is 0 Å². The summed E-state index contributed by atoms with van der Waals surface area (Å²) in [6, 6.07) is 50.8. The highest BCUT2D eigenvalue weighted by molar-refractivity contribution is 7.26. The first-order chi connectivity index (χ1) is 23.8. The first-order valence-corrected chi connectivity index (χ1v) is 17.4. The third-order valence-electron chi connectivity index (χ3n) is 8.94. The first kappa shape index (κ1) is 27.3. The second-order valence-corrected chi connectivity index (χ2v) is 13.9. The summed E-state index contributed by atoms with van der Waals surface area (Å²) in [7, 11) is 0. The SMILES string of the molecule is c1ccc(-c2nc(-c3ccc4ccc5ccccc5c4c3)nc(-c3c4sc(-c5ccccc5)nc4cc4sc5ccccc5c34)n2)cc1. The number of aromatic nitrogens is 4. The van der Waals surface area contributed by atoms with Crippen LogP contribution in [0, 0.1) is 0 Å². The highest BCUT2D eigenvalue weighted by Gasteiger charge is 2.23. The molecule has 0 aliphatic carbocycles. The van der Waals surface area contributed by atoms with Gasteiger partial charge < -0.3 is 0 Å². The number of thiophene rings is 1. The molecule has 0 aliphatic rings. The van der Waals surface area contributed by atoms with Gasteiger partial charge in [0.05, 0.1) is 10.2 Å². The van der Waals surface area contributed by atoms with Gasteiger partial charge in [0.25, 0.3) is 0 Å². The molecule has 10 aromatic rings. The van der Waals surface area contributed by atoms with E-state index >= 15 is 0 Å². The molecule has 0 saturated carbocycles. The zero-order valence-corrected chi connectivity index (χ0v) is 27.1. The van der Waals surface area contributed by atoms with Gasteiger partial charge in [-0.1, -0.05) is 127 Å². The molecule has 224 valence electrons. The lowest BCUT2D eigenvalue weighted by Crippen LogP contribution is -2.00. The predicted molar refractivity (Wildman–Crippen MR) is 203 cm³/mol. The second kappa shape index (κ2) is 10.9. The van der Waals surface area contributed by atoms with Crippen molar-refractivity contribution in [3.05, 3.63) is 146 Å². The Hall–Kier alpha value is -5.82. The summed E-state index contributed by atoms with van der Waals surface area (Å²) in [5, 5.41) is 8.12. The van der Waals surface area contributed by atoms with Crippen molar-refractivity contribution in [2.45, 2.75) is 0 Å². The molecule has 0 spiro atoms. The minimum Gasteiger partial charge on any atom is -0.236 e. The molecule has 0 radical (unpaired) electrons. The van der Waals surface area contributed by atoms with Gasteiger partial charge >= 0.3 is 0 Å². The third kappa shape index (κ3) is 4.42. The Morgan fingerprint density at radius 3 is 1.83 bits per heavy atom. The van der Waals surface area contributed by atoms with Crippen LogP contribution in [0.15, 0.2) is 146 Å². The van der Waals surface area contributed by atoms with Crippen molar-refractivity contribution in [3.63, 3.8) is 0 Å². The molecule has 6 heteroatoms. The number of fused-ring (bicyclic) bond motifs is 7. The Labute approximate surface area is 283 Å². The van der Waals surface area contributed by atoms with E-state index in [2.05, 4.69) is 121 Å². The summed E-state index contributed by atoms with van der Waals surface area (Å²) in [6.45, 7) is 0. The Morgan fingerprint density at radius 1 is 0.396 bits per heavy atom. The fraction of sp³-hybridized carbons (Fsp3) is 0. The predicted octanol–water partition coefficient (Wildman–Crippen LogP) is 11.8. The number of hydrogen-bond acceptors (Lipinski definition) is 6. The number of hydrogen-bond donors (Lipinski definition) is 0. The Kier molecular flexibility index (Phi) is 6.19. The molecule has 0 amide bonds. The van der Waals surface area contributed by atoms with E-state index in [1.54, 1.807) is 22.7 Å². The van der Waals surface area contributed by atoms with Crippen LogP contribution in [-0.4, -0.2) is 19.9 Å². The largest absolute Gasteiger partial charge is 0.236 e. The van der Waals surface area contributed by atoms with Crippen LogP contribution in [0.1, 0.15) is 0 Å². The lowest BCUT2D eigenvalue weighted by molar-refractivity contribution is 1.08. The van der Waals surface area contributed by atoms with Gasteiger partial charge in [0.1, 0.15) is 5.01 Å². The van der Waals surface area contributed by atoms with Gasteiger partial charge in [0.15, 0.2) is 17.5 Å². The Bertz CT molecular complexity index is 2840. The molecule has 0 atom stereocenters. The van der Waals surface area contributed by atoms with Gasteiger partial charge in [0.2, 0.25) is 0 Å². The lowest BCUT2D eigenvalue weighted by Gasteiger charge is -2.11. The third-order valence-corrected chi connectivity index (χ3v) is 11.2. The summed E-state index contributed by atoms with van der Waals surface area (Å²) in [5.74, 6) is 1.94. The quantitative estimate of drug-likeness (QED) is 0.178. The molecule has 3 heterocycles. The summed E-state index contributed by atoms with van der Waals surface area (Å²) in [5.41, 5.74) is 4.96. The fourth-order valence-corrected chi connectivity index (χ4v) is 8.91. The monoisotopic (exact) mass is 648 g/mol. The maximum Gasteiger partial charge on any atom is 0.166 e. The second-order valence-electron chi connectivity index (χ2n) is 11.9. The molecule has 10 rings (SSSR count). The van der Waals surface area contributed by atoms with Gasteiger partial charge in [-0.25, -0.2) is 19.9 Å². The highest BCUT2D eigenvalue weighted by atomic mass is 32.1. The molecular weight excluding hydrogens is 625 g/mol. The standard InChI is InChI=1S/C42H24N4S2/c1-3-12-27(13-4-1)39-44-40(29-22-21-26-20-19-25-11-7-8-16-30(25)32(26)23-29)46-41(45-39)37-36-31-17-9-10-18-34(31)47-35(36)24-33-38(37)48-42(43-33)28-14-5-2-6-15-28/h1-24H. The van der Waals surface area contributed by atoms with Crippen LogP contribution in [-0.2, 0) is 0 Å². The van der Waals surface area contributed by atoms with Crippen molar-refractivity contribution in [2.75, 3.05) is 0 Å². The number of rotatable bonds is 4. The van der Waals surface area contributed by atoms with Crippen molar-refractivity contribution in [1.29, 1.82) is 0 Å². The Morgan fingerprint density at radius 2 is 1.02 bits per heavy atom. The molecule has 48 heavy (non-hydrogen) atoms.